The number of hydrogen-bond acceptors (Lipinski definition) is 2. The van der Waals surface area contributed by atoms with Crippen LogP contribution in [0.4, 0.5) is 0 Å². The van der Waals surface area contributed by atoms with E-state index in [-0.39, 0.29) is 0 Å². The molecule has 0 aromatic heterocycles. The number of hydrogen-bond donors (Lipinski definition) is 1. The lowest BCUT2D eigenvalue weighted by Gasteiger charge is -2.39. The molecule has 0 saturated carbocycles. The first kappa shape index (κ1) is 13.6. The average molecular weight is 246 g/mol. The van der Waals surface area contributed by atoms with Crippen LogP contribution in [0.25, 0.3) is 0 Å². The Kier molecular flexibility index (Phi) is 4.79. The predicted molar refractivity (Wildman–Crippen MR) is 78.0 cm³/mol. The normalized spacial score (nSPS) is 27.1. The highest BCUT2D eigenvalue weighted by Gasteiger charge is 2.25. The molecule has 1 N–H and O–H groups in total. The Morgan fingerprint density at radius 1 is 1.33 bits per heavy atom. The standard InChI is InChI=1S/C16H26N2/c1-13(15-7-5-4-6-8-15)12-18-10-9-16(17-3)11-14(18)2/h4-8,13-14,16-17H,9-12H2,1-3H3. The first-order chi connectivity index (χ1) is 8.70. The average Bonchev–Trinajstić information content (AvgIpc) is 2.42. The molecular formula is C16H26N2. The number of benzene rings is 1. The van der Waals surface area contributed by atoms with Gasteiger partial charge in [-0.15, -0.1) is 0 Å². The summed E-state index contributed by atoms with van der Waals surface area (Å²) in [7, 11) is 2.08. The van der Waals surface area contributed by atoms with E-state index in [4.69, 9.17) is 0 Å². The smallest absolute Gasteiger partial charge is 0.00910 e. The summed E-state index contributed by atoms with van der Waals surface area (Å²) in [6, 6.07) is 12.3. The third kappa shape index (κ3) is 3.33. The second kappa shape index (κ2) is 6.35. The summed E-state index contributed by atoms with van der Waals surface area (Å²) >= 11 is 0. The summed E-state index contributed by atoms with van der Waals surface area (Å²) in [5.41, 5.74) is 1.46. The highest BCUT2D eigenvalue weighted by atomic mass is 15.2. The van der Waals surface area contributed by atoms with Crippen LogP contribution < -0.4 is 5.32 Å². The molecule has 0 spiro atoms. The third-order valence-corrected chi connectivity index (χ3v) is 4.30. The Balaban J connectivity index is 1.90. The molecular weight excluding hydrogens is 220 g/mol. The van der Waals surface area contributed by atoms with Crippen LogP contribution in [-0.4, -0.2) is 37.1 Å². The molecule has 0 aliphatic carbocycles. The van der Waals surface area contributed by atoms with E-state index < -0.39 is 0 Å². The van der Waals surface area contributed by atoms with Crippen molar-refractivity contribution < 1.29 is 0 Å². The van der Waals surface area contributed by atoms with Crippen molar-refractivity contribution in [3.63, 3.8) is 0 Å². The van der Waals surface area contributed by atoms with Gasteiger partial charge in [-0.2, -0.15) is 0 Å². The van der Waals surface area contributed by atoms with Gasteiger partial charge in [-0.3, -0.25) is 4.90 Å². The number of likely N-dealkylation sites (tertiary alicyclic amines) is 1. The van der Waals surface area contributed by atoms with Crippen LogP contribution in [0, 0.1) is 0 Å². The molecule has 1 fully saturated rings. The Labute approximate surface area is 111 Å². The topological polar surface area (TPSA) is 15.3 Å². The van der Waals surface area contributed by atoms with Crippen molar-refractivity contribution in [2.45, 2.75) is 44.7 Å². The third-order valence-electron chi connectivity index (χ3n) is 4.30. The molecule has 2 heteroatoms. The SMILES string of the molecule is CNC1CCN(CC(C)c2ccccc2)C(C)C1. The number of rotatable bonds is 4. The highest BCUT2D eigenvalue weighted by molar-refractivity contribution is 5.19. The molecule has 1 aromatic carbocycles. The van der Waals surface area contributed by atoms with Gasteiger partial charge in [0.05, 0.1) is 0 Å². The van der Waals surface area contributed by atoms with E-state index in [0.717, 1.165) is 0 Å². The molecule has 1 saturated heterocycles. The van der Waals surface area contributed by atoms with Crippen molar-refractivity contribution in [3.8, 4) is 0 Å². The maximum atomic E-state index is 3.41. The first-order valence-corrected chi connectivity index (χ1v) is 7.17. The van der Waals surface area contributed by atoms with Crippen molar-refractivity contribution in [2.75, 3.05) is 20.1 Å². The zero-order valence-electron chi connectivity index (χ0n) is 11.9. The molecule has 3 unspecified atom stereocenters. The van der Waals surface area contributed by atoms with Crippen LogP contribution in [-0.2, 0) is 0 Å². The van der Waals surface area contributed by atoms with Gasteiger partial charge in [-0.1, -0.05) is 37.3 Å². The van der Waals surface area contributed by atoms with Gasteiger partial charge in [-0.05, 0) is 44.8 Å². The van der Waals surface area contributed by atoms with Gasteiger partial charge < -0.3 is 5.32 Å². The van der Waals surface area contributed by atoms with Crippen molar-refractivity contribution in [2.24, 2.45) is 0 Å². The van der Waals surface area contributed by atoms with Gasteiger partial charge in [0.1, 0.15) is 0 Å². The quantitative estimate of drug-likeness (QED) is 0.879. The van der Waals surface area contributed by atoms with Crippen LogP contribution in [0.15, 0.2) is 30.3 Å². The summed E-state index contributed by atoms with van der Waals surface area (Å²) in [4.78, 5) is 2.64. The molecule has 1 aliphatic heterocycles. The molecule has 0 bridgehead atoms. The van der Waals surface area contributed by atoms with Gasteiger partial charge in [0.2, 0.25) is 0 Å². The molecule has 18 heavy (non-hydrogen) atoms. The van der Waals surface area contributed by atoms with E-state index in [1.165, 1.54) is 31.5 Å². The number of nitrogens with zero attached hydrogens (tertiary/aromatic N) is 1. The molecule has 100 valence electrons. The second-order valence-electron chi connectivity index (χ2n) is 5.67. The molecule has 3 atom stereocenters. The molecule has 1 heterocycles. The minimum Gasteiger partial charge on any atom is -0.317 e. The lowest BCUT2D eigenvalue weighted by atomic mass is 9.95. The Hall–Kier alpha value is -0.860. The van der Waals surface area contributed by atoms with Crippen LogP contribution in [0.5, 0.6) is 0 Å². The molecule has 1 aliphatic rings. The van der Waals surface area contributed by atoms with E-state index in [9.17, 15) is 0 Å². The summed E-state index contributed by atoms with van der Waals surface area (Å²) in [6.45, 7) is 7.11. The predicted octanol–water partition coefficient (Wildman–Crippen LogP) is 2.86. The zero-order valence-corrected chi connectivity index (χ0v) is 11.9. The van der Waals surface area contributed by atoms with E-state index in [2.05, 4.69) is 61.4 Å². The van der Waals surface area contributed by atoms with Crippen molar-refractivity contribution >= 4 is 0 Å². The Morgan fingerprint density at radius 2 is 2.06 bits per heavy atom. The van der Waals surface area contributed by atoms with Gasteiger partial charge in [-0.25, -0.2) is 0 Å². The van der Waals surface area contributed by atoms with Crippen LogP contribution in [0.1, 0.15) is 38.2 Å². The first-order valence-electron chi connectivity index (χ1n) is 7.17. The summed E-state index contributed by atoms with van der Waals surface area (Å²) in [6.07, 6.45) is 2.56. The molecule has 0 radical (unpaired) electrons. The monoisotopic (exact) mass is 246 g/mol. The van der Waals surface area contributed by atoms with Crippen molar-refractivity contribution in [1.29, 1.82) is 0 Å². The second-order valence-corrected chi connectivity index (χ2v) is 5.67. The Bertz CT molecular complexity index is 349. The number of nitrogens with one attached hydrogen (secondary N) is 1. The fraction of sp³-hybridized carbons (Fsp3) is 0.625. The van der Waals surface area contributed by atoms with E-state index in [1.54, 1.807) is 0 Å². The van der Waals surface area contributed by atoms with Gasteiger partial charge in [0.25, 0.3) is 0 Å². The summed E-state index contributed by atoms with van der Waals surface area (Å²) in [5, 5.41) is 3.41. The molecule has 0 amide bonds. The highest BCUT2D eigenvalue weighted by Crippen LogP contribution is 2.22. The Morgan fingerprint density at radius 3 is 2.67 bits per heavy atom. The fourth-order valence-corrected chi connectivity index (χ4v) is 2.99. The van der Waals surface area contributed by atoms with Gasteiger partial charge in [0.15, 0.2) is 0 Å². The maximum absolute atomic E-state index is 3.41. The van der Waals surface area contributed by atoms with Crippen molar-refractivity contribution in [1.82, 2.24) is 10.2 Å². The van der Waals surface area contributed by atoms with Crippen LogP contribution in [0.3, 0.4) is 0 Å². The fourth-order valence-electron chi connectivity index (χ4n) is 2.99. The molecule has 2 rings (SSSR count). The van der Waals surface area contributed by atoms with Crippen LogP contribution >= 0.6 is 0 Å². The maximum Gasteiger partial charge on any atom is 0.00910 e. The van der Waals surface area contributed by atoms with Gasteiger partial charge in [0, 0.05) is 18.6 Å². The minimum atomic E-state index is 0.625. The van der Waals surface area contributed by atoms with E-state index in [0.29, 0.717) is 18.0 Å². The largest absolute Gasteiger partial charge is 0.317 e. The van der Waals surface area contributed by atoms with E-state index >= 15 is 0 Å². The summed E-state index contributed by atoms with van der Waals surface area (Å²) < 4.78 is 0. The van der Waals surface area contributed by atoms with E-state index in [1.807, 2.05) is 0 Å². The minimum absolute atomic E-state index is 0.625. The molecule has 2 nitrogen and oxygen atoms in total. The molecule has 1 aromatic rings. The van der Waals surface area contributed by atoms with Gasteiger partial charge >= 0.3 is 0 Å². The van der Waals surface area contributed by atoms with Crippen LogP contribution in [0.2, 0.25) is 0 Å². The lowest BCUT2D eigenvalue weighted by Crippen LogP contribution is -2.47. The van der Waals surface area contributed by atoms with Crippen molar-refractivity contribution in [3.05, 3.63) is 35.9 Å². The lowest BCUT2D eigenvalue weighted by molar-refractivity contribution is 0.132. The number of piperidine rings is 1. The summed E-state index contributed by atoms with van der Waals surface area (Å²) in [5.74, 6) is 0.625. The zero-order chi connectivity index (χ0) is 13.0.